The maximum atomic E-state index is 12.8. The molecule has 0 amide bonds. The van der Waals surface area contributed by atoms with Gasteiger partial charge in [-0.05, 0) is 43.9 Å². The molecule has 1 rings (SSSR count). The van der Waals surface area contributed by atoms with E-state index in [-0.39, 0.29) is 11.9 Å². The van der Waals surface area contributed by atoms with Crippen LogP contribution in [0.2, 0.25) is 5.02 Å². The summed E-state index contributed by atoms with van der Waals surface area (Å²) in [5, 5.41) is 0.450. The van der Waals surface area contributed by atoms with Crippen LogP contribution in [-0.4, -0.2) is 6.04 Å². The number of allylic oxidation sites excluding steroid dienone is 1. The van der Waals surface area contributed by atoms with Crippen LogP contribution >= 0.6 is 11.6 Å². The van der Waals surface area contributed by atoms with Gasteiger partial charge in [0.2, 0.25) is 0 Å². The molecule has 1 nitrogen and oxygen atoms in total. The molecule has 1 aromatic carbocycles. The average Bonchev–Trinajstić information content (AvgIpc) is 2.19. The third kappa shape index (κ3) is 4.33. The zero-order valence-corrected chi connectivity index (χ0v) is 10.2. The van der Waals surface area contributed by atoms with E-state index in [0.29, 0.717) is 11.4 Å². The predicted octanol–water partition coefficient (Wildman–Crippen LogP) is 3.71. The fourth-order valence-electron chi connectivity index (χ4n) is 1.50. The van der Waals surface area contributed by atoms with Crippen molar-refractivity contribution in [2.75, 3.05) is 0 Å². The molecule has 0 aliphatic rings. The molecule has 0 heterocycles. The highest BCUT2D eigenvalue weighted by molar-refractivity contribution is 6.31. The Morgan fingerprint density at radius 1 is 1.56 bits per heavy atom. The van der Waals surface area contributed by atoms with Crippen LogP contribution in [0.5, 0.6) is 0 Å². The van der Waals surface area contributed by atoms with E-state index in [2.05, 4.69) is 6.58 Å². The van der Waals surface area contributed by atoms with Crippen molar-refractivity contribution in [3.63, 3.8) is 0 Å². The maximum Gasteiger partial charge on any atom is 0.124 e. The number of nitrogens with two attached hydrogens (primary N) is 1. The number of hydrogen-bond acceptors (Lipinski definition) is 1. The van der Waals surface area contributed by atoms with Crippen molar-refractivity contribution in [1.29, 1.82) is 0 Å². The molecule has 0 bridgehead atoms. The van der Waals surface area contributed by atoms with E-state index >= 15 is 0 Å². The SMILES string of the molecule is C=C(C)CCC(N)Cc1ccc(F)cc1Cl. The largest absolute Gasteiger partial charge is 0.327 e. The Labute approximate surface area is 101 Å². The molecule has 2 N–H and O–H groups in total. The zero-order valence-electron chi connectivity index (χ0n) is 9.47. The lowest BCUT2D eigenvalue weighted by Crippen LogP contribution is -2.22. The van der Waals surface area contributed by atoms with Crippen LogP contribution in [0, 0.1) is 5.82 Å². The van der Waals surface area contributed by atoms with Gasteiger partial charge in [-0.15, -0.1) is 6.58 Å². The van der Waals surface area contributed by atoms with Crippen LogP contribution in [0.25, 0.3) is 0 Å². The number of halogens is 2. The molecule has 0 saturated heterocycles. The first kappa shape index (κ1) is 13.2. The van der Waals surface area contributed by atoms with Gasteiger partial charge in [-0.3, -0.25) is 0 Å². The van der Waals surface area contributed by atoms with Crippen molar-refractivity contribution in [1.82, 2.24) is 0 Å². The first-order chi connectivity index (χ1) is 7.49. The molecule has 88 valence electrons. The number of rotatable bonds is 5. The lowest BCUT2D eigenvalue weighted by Gasteiger charge is -2.12. The molecule has 0 aromatic heterocycles. The van der Waals surface area contributed by atoms with Crippen LogP contribution in [0.15, 0.2) is 30.4 Å². The molecule has 0 aliphatic carbocycles. The van der Waals surface area contributed by atoms with Gasteiger partial charge in [0.1, 0.15) is 5.82 Å². The van der Waals surface area contributed by atoms with Crippen LogP contribution in [0.4, 0.5) is 4.39 Å². The molecular formula is C13H17ClFN. The minimum absolute atomic E-state index is 0.0414. The molecule has 0 saturated carbocycles. The second kappa shape index (κ2) is 6.02. The summed E-state index contributed by atoms with van der Waals surface area (Å²) in [5.41, 5.74) is 7.99. The summed E-state index contributed by atoms with van der Waals surface area (Å²) in [6, 6.07) is 4.47. The topological polar surface area (TPSA) is 26.0 Å². The van der Waals surface area contributed by atoms with E-state index in [1.54, 1.807) is 6.07 Å². The highest BCUT2D eigenvalue weighted by Gasteiger charge is 2.08. The maximum absolute atomic E-state index is 12.8. The highest BCUT2D eigenvalue weighted by Crippen LogP contribution is 2.19. The van der Waals surface area contributed by atoms with Crippen molar-refractivity contribution in [2.24, 2.45) is 5.73 Å². The summed E-state index contributed by atoms with van der Waals surface area (Å²) >= 11 is 5.92. The monoisotopic (exact) mass is 241 g/mol. The van der Waals surface area contributed by atoms with Gasteiger partial charge in [-0.1, -0.05) is 23.2 Å². The van der Waals surface area contributed by atoms with E-state index in [1.807, 2.05) is 6.92 Å². The van der Waals surface area contributed by atoms with Gasteiger partial charge in [0.25, 0.3) is 0 Å². The van der Waals surface area contributed by atoms with Crippen LogP contribution in [-0.2, 0) is 6.42 Å². The van der Waals surface area contributed by atoms with Gasteiger partial charge in [0.05, 0.1) is 0 Å². The Hall–Kier alpha value is -0.860. The van der Waals surface area contributed by atoms with Crippen molar-refractivity contribution in [3.05, 3.63) is 46.8 Å². The summed E-state index contributed by atoms with van der Waals surface area (Å²) in [4.78, 5) is 0. The Morgan fingerprint density at radius 3 is 2.81 bits per heavy atom. The van der Waals surface area contributed by atoms with Gasteiger partial charge in [-0.2, -0.15) is 0 Å². The highest BCUT2D eigenvalue weighted by atomic mass is 35.5. The summed E-state index contributed by atoms with van der Waals surface area (Å²) in [5.74, 6) is -0.316. The molecule has 16 heavy (non-hydrogen) atoms. The second-order valence-electron chi connectivity index (χ2n) is 4.20. The summed E-state index contributed by atoms with van der Waals surface area (Å²) in [6.07, 6.45) is 2.47. The molecule has 0 radical (unpaired) electrons. The van der Waals surface area contributed by atoms with E-state index in [0.717, 1.165) is 24.0 Å². The van der Waals surface area contributed by atoms with Crippen molar-refractivity contribution >= 4 is 11.6 Å². The van der Waals surface area contributed by atoms with Crippen LogP contribution in [0.1, 0.15) is 25.3 Å². The molecule has 0 aliphatic heterocycles. The molecule has 0 fully saturated rings. The lowest BCUT2D eigenvalue weighted by atomic mass is 10.0. The van der Waals surface area contributed by atoms with Crippen LogP contribution in [0.3, 0.4) is 0 Å². The van der Waals surface area contributed by atoms with E-state index in [9.17, 15) is 4.39 Å². The average molecular weight is 242 g/mol. The Morgan fingerprint density at radius 2 is 2.25 bits per heavy atom. The minimum atomic E-state index is -0.316. The zero-order chi connectivity index (χ0) is 12.1. The van der Waals surface area contributed by atoms with E-state index < -0.39 is 0 Å². The van der Waals surface area contributed by atoms with Crippen molar-refractivity contribution in [3.8, 4) is 0 Å². The van der Waals surface area contributed by atoms with Gasteiger partial charge < -0.3 is 5.73 Å². The van der Waals surface area contributed by atoms with Gasteiger partial charge in [0.15, 0.2) is 0 Å². The minimum Gasteiger partial charge on any atom is -0.327 e. The molecule has 0 spiro atoms. The lowest BCUT2D eigenvalue weighted by molar-refractivity contribution is 0.604. The van der Waals surface area contributed by atoms with Crippen molar-refractivity contribution < 1.29 is 4.39 Å². The first-order valence-electron chi connectivity index (χ1n) is 5.33. The Kier molecular flexibility index (Phi) is 4.97. The summed E-state index contributed by atoms with van der Waals surface area (Å²) in [7, 11) is 0. The summed E-state index contributed by atoms with van der Waals surface area (Å²) < 4.78 is 12.8. The van der Waals surface area contributed by atoms with Gasteiger partial charge in [-0.25, -0.2) is 4.39 Å². The van der Waals surface area contributed by atoms with Crippen molar-refractivity contribution in [2.45, 2.75) is 32.2 Å². The third-order valence-corrected chi connectivity index (χ3v) is 2.79. The Bertz CT molecular complexity index is 376. The predicted molar refractivity (Wildman–Crippen MR) is 67.1 cm³/mol. The fourth-order valence-corrected chi connectivity index (χ4v) is 1.75. The van der Waals surface area contributed by atoms with Crippen LogP contribution < -0.4 is 5.73 Å². The van der Waals surface area contributed by atoms with E-state index in [4.69, 9.17) is 17.3 Å². The first-order valence-corrected chi connectivity index (χ1v) is 5.70. The standard InChI is InChI=1S/C13H17ClFN/c1-9(2)3-6-12(16)7-10-4-5-11(15)8-13(10)14/h4-5,8,12H,1,3,6-7,16H2,2H3. The molecular weight excluding hydrogens is 225 g/mol. The number of benzene rings is 1. The van der Waals surface area contributed by atoms with Gasteiger partial charge >= 0.3 is 0 Å². The normalized spacial score (nSPS) is 12.5. The summed E-state index contributed by atoms with van der Waals surface area (Å²) in [6.45, 7) is 5.82. The smallest absolute Gasteiger partial charge is 0.124 e. The molecule has 1 aromatic rings. The van der Waals surface area contributed by atoms with Gasteiger partial charge in [0, 0.05) is 11.1 Å². The number of hydrogen-bond donors (Lipinski definition) is 1. The molecule has 1 atom stereocenters. The molecule has 1 unspecified atom stereocenters. The van der Waals surface area contributed by atoms with E-state index in [1.165, 1.54) is 12.1 Å². The quantitative estimate of drug-likeness (QED) is 0.782. The Balaban J connectivity index is 2.55. The molecule has 3 heteroatoms. The fraction of sp³-hybridized carbons (Fsp3) is 0.385. The third-order valence-electron chi connectivity index (χ3n) is 2.44. The second-order valence-corrected chi connectivity index (χ2v) is 4.60.